The molecule has 1 saturated heterocycles. The highest BCUT2D eigenvalue weighted by molar-refractivity contribution is 7.88. The van der Waals surface area contributed by atoms with Gasteiger partial charge >= 0.3 is 0 Å². The molecule has 1 aromatic rings. The first-order valence-corrected chi connectivity index (χ1v) is 9.32. The van der Waals surface area contributed by atoms with Crippen molar-refractivity contribution in [3.05, 3.63) is 17.0 Å². The number of carbonyl (C=O) groups excluding carboxylic acids is 1. The van der Waals surface area contributed by atoms with E-state index in [1.54, 1.807) is 4.90 Å². The number of piperidine rings is 1. The van der Waals surface area contributed by atoms with Gasteiger partial charge in [-0.2, -0.15) is 0 Å². The Balaban J connectivity index is 1.80. The third-order valence-corrected chi connectivity index (χ3v) is 4.76. The molecule has 1 aliphatic rings. The molecule has 8 heteroatoms. The molecule has 124 valence electrons. The molecule has 2 heterocycles. The smallest absolute Gasteiger partial charge is 0.222 e. The van der Waals surface area contributed by atoms with Crippen LogP contribution in [-0.4, -0.2) is 49.8 Å². The Hall–Kier alpha value is -1.41. The molecule has 1 aliphatic heterocycles. The number of amides is 1. The summed E-state index contributed by atoms with van der Waals surface area (Å²) in [5.74, 6) is 0.860. The number of nitrogens with one attached hydrogen (secondary N) is 1. The van der Waals surface area contributed by atoms with Crippen LogP contribution in [0, 0.1) is 13.8 Å². The van der Waals surface area contributed by atoms with Crippen LogP contribution < -0.4 is 4.72 Å². The summed E-state index contributed by atoms with van der Waals surface area (Å²) >= 11 is 0. The van der Waals surface area contributed by atoms with E-state index >= 15 is 0 Å². The van der Waals surface area contributed by atoms with Gasteiger partial charge in [0.05, 0.1) is 11.9 Å². The molecule has 7 nitrogen and oxygen atoms in total. The number of nitrogens with zero attached hydrogens (tertiary/aromatic N) is 2. The Kier molecular flexibility index (Phi) is 5.23. The predicted octanol–water partition coefficient (Wildman–Crippen LogP) is 0.764. The van der Waals surface area contributed by atoms with E-state index in [0.29, 0.717) is 38.8 Å². The molecule has 0 atom stereocenters. The molecule has 2 rings (SSSR count). The van der Waals surface area contributed by atoms with Gasteiger partial charge in [-0.3, -0.25) is 4.79 Å². The summed E-state index contributed by atoms with van der Waals surface area (Å²) in [6.45, 7) is 4.90. The second-order valence-corrected chi connectivity index (χ2v) is 7.63. The summed E-state index contributed by atoms with van der Waals surface area (Å²) in [4.78, 5) is 14.0. The van der Waals surface area contributed by atoms with Crippen molar-refractivity contribution in [2.45, 2.75) is 45.6 Å². The van der Waals surface area contributed by atoms with Gasteiger partial charge < -0.3 is 9.42 Å². The number of aryl methyl sites for hydroxylation is 2. The molecule has 0 spiro atoms. The molecule has 1 amide bonds. The number of rotatable bonds is 5. The molecule has 1 N–H and O–H groups in total. The van der Waals surface area contributed by atoms with Gasteiger partial charge in [0.1, 0.15) is 5.76 Å². The van der Waals surface area contributed by atoms with Crippen LogP contribution in [0.4, 0.5) is 0 Å². The molecular formula is C14H23N3O4S. The third-order valence-electron chi connectivity index (χ3n) is 4.00. The fourth-order valence-electron chi connectivity index (χ4n) is 2.80. The van der Waals surface area contributed by atoms with Gasteiger partial charge in [-0.05, 0) is 33.1 Å². The maximum Gasteiger partial charge on any atom is 0.222 e. The Labute approximate surface area is 131 Å². The number of sulfonamides is 1. The molecule has 22 heavy (non-hydrogen) atoms. The van der Waals surface area contributed by atoms with Crippen LogP contribution in [0.2, 0.25) is 0 Å². The standard InChI is InChI=1S/C14H23N3O4S/c1-10-13(11(2)21-15-10)4-5-14(18)17-8-6-12(7-9-17)16-22(3,19)20/h12,16H,4-9H2,1-3H3. The van der Waals surface area contributed by atoms with Gasteiger partial charge in [0.25, 0.3) is 0 Å². The number of carbonyl (C=O) groups is 1. The van der Waals surface area contributed by atoms with Crippen molar-refractivity contribution in [1.82, 2.24) is 14.8 Å². The summed E-state index contributed by atoms with van der Waals surface area (Å²) in [5, 5.41) is 3.89. The molecule has 0 unspecified atom stereocenters. The van der Waals surface area contributed by atoms with Crippen molar-refractivity contribution >= 4 is 15.9 Å². The van der Waals surface area contributed by atoms with Crippen molar-refractivity contribution in [2.75, 3.05) is 19.3 Å². The van der Waals surface area contributed by atoms with Gasteiger partial charge in [0.15, 0.2) is 0 Å². The molecule has 0 aliphatic carbocycles. The van der Waals surface area contributed by atoms with E-state index in [0.717, 1.165) is 23.3 Å². The average molecular weight is 329 g/mol. The third kappa shape index (κ3) is 4.54. The minimum atomic E-state index is -3.18. The van der Waals surface area contributed by atoms with E-state index in [1.807, 2.05) is 13.8 Å². The lowest BCUT2D eigenvalue weighted by molar-refractivity contribution is -0.132. The Bertz CT molecular complexity index is 611. The van der Waals surface area contributed by atoms with Crippen molar-refractivity contribution in [3.8, 4) is 0 Å². The normalized spacial score (nSPS) is 17.0. The molecule has 0 saturated carbocycles. The fourth-order valence-corrected chi connectivity index (χ4v) is 3.64. The first-order valence-electron chi connectivity index (χ1n) is 7.43. The topological polar surface area (TPSA) is 92.5 Å². The number of hydrogen-bond donors (Lipinski definition) is 1. The maximum absolute atomic E-state index is 12.2. The molecule has 1 aromatic heterocycles. The van der Waals surface area contributed by atoms with Crippen LogP contribution in [0.15, 0.2) is 4.52 Å². The average Bonchev–Trinajstić information content (AvgIpc) is 2.74. The Morgan fingerprint density at radius 2 is 2.00 bits per heavy atom. The lowest BCUT2D eigenvalue weighted by Gasteiger charge is -2.32. The molecular weight excluding hydrogens is 306 g/mol. The lowest BCUT2D eigenvalue weighted by Crippen LogP contribution is -2.46. The van der Waals surface area contributed by atoms with Crippen LogP contribution >= 0.6 is 0 Å². The van der Waals surface area contributed by atoms with Crippen molar-refractivity contribution in [3.63, 3.8) is 0 Å². The van der Waals surface area contributed by atoms with Gasteiger partial charge in [-0.25, -0.2) is 13.1 Å². The predicted molar refractivity (Wildman–Crippen MR) is 81.9 cm³/mol. The second kappa shape index (κ2) is 6.78. The summed E-state index contributed by atoms with van der Waals surface area (Å²) in [5.41, 5.74) is 1.84. The van der Waals surface area contributed by atoms with Gasteiger partial charge in [0.2, 0.25) is 15.9 Å². The van der Waals surface area contributed by atoms with Crippen molar-refractivity contribution in [2.24, 2.45) is 0 Å². The molecule has 0 bridgehead atoms. The Morgan fingerprint density at radius 3 is 2.50 bits per heavy atom. The van der Waals surface area contributed by atoms with Gasteiger partial charge in [0, 0.05) is 31.1 Å². The first-order chi connectivity index (χ1) is 10.3. The van der Waals surface area contributed by atoms with E-state index < -0.39 is 10.0 Å². The zero-order chi connectivity index (χ0) is 16.3. The van der Waals surface area contributed by atoms with E-state index in [9.17, 15) is 13.2 Å². The summed E-state index contributed by atoms with van der Waals surface area (Å²) in [6.07, 6.45) is 3.52. The zero-order valence-corrected chi connectivity index (χ0v) is 14.1. The summed E-state index contributed by atoms with van der Waals surface area (Å²) < 4.78 is 30.1. The van der Waals surface area contributed by atoms with Crippen LogP contribution in [0.3, 0.4) is 0 Å². The quantitative estimate of drug-likeness (QED) is 0.861. The van der Waals surface area contributed by atoms with E-state index in [4.69, 9.17) is 4.52 Å². The van der Waals surface area contributed by atoms with E-state index in [-0.39, 0.29) is 11.9 Å². The maximum atomic E-state index is 12.2. The van der Waals surface area contributed by atoms with Crippen molar-refractivity contribution < 1.29 is 17.7 Å². The van der Waals surface area contributed by atoms with Crippen LogP contribution in [-0.2, 0) is 21.2 Å². The number of likely N-dealkylation sites (tertiary alicyclic amines) is 1. The highest BCUT2D eigenvalue weighted by Gasteiger charge is 2.24. The number of hydrogen-bond acceptors (Lipinski definition) is 5. The van der Waals surface area contributed by atoms with Crippen LogP contribution in [0.5, 0.6) is 0 Å². The molecule has 0 radical (unpaired) electrons. The molecule has 0 aromatic carbocycles. The van der Waals surface area contributed by atoms with Gasteiger partial charge in [-0.15, -0.1) is 0 Å². The second-order valence-electron chi connectivity index (χ2n) is 5.85. The van der Waals surface area contributed by atoms with Gasteiger partial charge in [-0.1, -0.05) is 5.16 Å². The highest BCUT2D eigenvalue weighted by atomic mass is 32.2. The fraction of sp³-hybridized carbons (Fsp3) is 0.714. The highest BCUT2D eigenvalue weighted by Crippen LogP contribution is 2.17. The monoisotopic (exact) mass is 329 g/mol. The van der Waals surface area contributed by atoms with Crippen LogP contribution in [0.1, 0.15) is 36.3 Å². The lowest BCUT2D eigenvalue weighted by atomic mass is 10.0. The minimum Gasteiger partial charge on any atom is -0.361 e. The molecule has 1 fully saturated rings. The number of aromatic nitrogens is 1. The van der Waals surface area contributed by atoms with E-state index in [2.05, 4.69) is 9.88 Å². The zero-order valence-electron chi connectivity index (χ0n) is 13.3. The van der Waals surface area contributed by atoms with Crippen LogP contribution in [0.25, 0.3) is 0 Å². The Morgan fingerprint density at radius 1 is 1.36 bits per heavy atom. The summed E-state index contributed by atoms with van der Waals surface area (Å²) in [6, 6.07) is -0.0680. The first kappa shape index (κ1) is 17.0. The van der Waals surface area contributed by atoms with E-state index in [1.165, 1.54) is 0 Å². The summed E-state index contributed by atoms with van der Waals surface area (Å²) in [7, 11) is -3.18. The van der Waals surface area contributed by atoms with Crippen molar-refractivity contribution in [1.29, 1.82) is 0 Å². The SMILES string of the molecule is Cc1noc(C)c1CCC(=O)N1CCC(NS(C)(=O)=O)CC1. The largest absolute Gasteiger partial charge is 0.361 e. The minimum absolute atomic E-state index is 0.0680.